The largest absolute Gasteiger partial charge is 0.462 e. The van der Waals surface area contributed by atoms with Gasteiger partial charge >= 0.3 is 5.97 Å². The summed E-state index contributed by atoms with van der Waals surface area (Å²) in [6.45, 7) is 6.54. The number of carbonyl (C=O) groups excluding carboxylic acids is 2. The monoisotopic (exact) mass is 423 g/mol. The van der Waals surface area contributed by atoms with Gasteiger partial charge in [0.15, 0.2) is 6.54 Å². The Morgan fingerprint density at radius 1 is 1.18 bits per heavy atom. The summed E-state index contributed by atoms with van der Waals surface area (Å²) < 4.78 is 5.17. The van der Waals surface area contributed by atoms with Crippen molar-refractivity contribution in [2.45, 2.75) is 6.92 Å². The van der Waals surface area contributed by atoms with Crippen LogP contribution >= 0.6 is 22.9 Å². The van der Waals surface area contributed by atoms with Gasteiger partial charge < -0.3 is 19.9 Å². The van der Waals surface area contributed by atoms with E-state index in [0.717, 1.165) is 36.6 Å². The number of quaternary nitrogens is 2. The van der Waals surface area contributed by atoms with Crippen LogP contribution < -0.4 is 15.1 Å². The number of hydrogen-bond donors (Lipinski definition) is 3. The van der Waals surface area contributed by atoms with Crippen LogP contribution in [-0.4, -0.2) is 58.3 Å². The fourth-order valence-corrected chi connectivity index (χ4v) is 4.36. The Labute approximate surface area is 174 Å². The van der Waals surface area contributed by atoms with Gasteiger partial charge in [0.1, 0.15) is 31.1 Å². The van der Waals surface area contributed by atoms with E-state index in [-0.39, 0.29) is 12.5 Å². The van der Waals surface area contributed by atoms with Crippen molar-refractivity contribution in [2.24, 2.45) is 0 Å². The molecule has 2 heterocycles. The lowest BCUT2D eigenvalue weighted by atomic mass is 10.2. The van der Waals surface area contributed by atoms with Crippen LogP contribution in [0, 0.1) is 0 Å². The second-order valence-corrected chi connectivity index (χ2v) is 8.50. The average Bonchev–Trinajstić information content (AvgIpc) is 3.08. The van der Waals surface area contributed by atoms with Crippen molar-refractivity contribution in [3.05, 3.63) is 40.2 Å². The van der Waals surface area contributed by atoms with Gasteiger partial charge in [-0.25, -0.2) is 4.79 Å². The molecule has 1 aromatic heterocycles. The molecule has 150 valence electrons. The molecule has 3 N–H and O–H groups in total. The first kappa shape index (κ1) is 20.8. The van der Waals surface area contributed by atoms with E-state index in [4.69, 9.17) is 16.3 Å². The molecular formula is C20H26ClN3O3S+2. The summed E-state index contributed by atoms with van der Waals surface area (Å²) in [6.07, 6.45) is 0. The van der Waals surface area contributed by atoms with Gasteiger partial charge in [0.2, 0.25) is 0 Å². The van der Waals surface area contributed by atoms with Crippen molar-refractivity contribution in [1.29, 1.82) is 0 Å². The molecule has 6 nitrogen and oxygen atoms in total. The van der Waals surface area contributed by atoms with Crippen molar-refractivity contribution in [3.8, 4) is 10.4 Å². The average molecular weight is 424 g/mol. The highest BCUT2D eigenvalue weighted by Crippen LogP contribution is 2.35. The summed E-state index contributed by atoms with van der Waals surface area (Å²) in [7, 11) is 2.17. The summed E-state index contributed by atoms with van der Waals surface area (Å²) >= 11 is 7.28. The normalized spacial score (nSPS) is 19.2. The van der Waals surface area contributed by atoms with Crippen LogP contribution in [0.25, 0.3) is 10.4 Å². The van der Waals surface area contributed by atoms with E-state index in [1.54, 1.807) is 19.1 Å². The summed E-state index contributed by atoms with van der Waals surface area (Å²) in [6, 6.07) is 9.23. The van der Waals surface area contributed by atoms with Crippen LogP contribution in [0.4, 0.5) is 5.69 Å². The van der Waals surface area contributed by atoms with Gasteiger partial charge in [-0.2, -0.15) is 0 Å². The molecule has 0 bridgehead atoms. The number of benzene rings is 1. The topological polar surface area (TPSA) is 64.3 Å². The summed E-state index contributed by atoms with van der Waals surface area (Å²) in [5, 5.41) is 3.58. The molecule has 28 heavy (non-hydrogen) atoms. The van der Waals surface area contributed by atoms with E-state index in [0.29, 0.717) is 22.1 Å². The lowest BCUT2D eigenvalue weighted by molar-refractivity contribution is -0.999. The lowest BCUT2D eigenvalue weighted by Gasteiger charge is -2.26. The van der Waals surface area contributed by atoms with E-state index < -0.39 is 5.97 Å². The number of rotatable bonds is 6. The quantitative estimate of drug-likeness (QED) is 0.596. The zero-order valence-electron chi connectivity index (χ0n) is 16.1. The van der Waals surface area contributed by atoms with Crippen molar-refractivity contribution in [2.75, 3.05) is 51.7 Å². The number of nitrogens with one attached hydrogen (secondary N) is 3. The van der Waals surface area contributed by atoms with E-state index >= 15 is 0 Å². The molecule has 0 unspecified atom stereocenters. The van der Waals surface area contributed by atoms with Crippen molar-refractivity contribution in [1.82, 2.24) is 0 Å². The molecule has 1 amide bonds. The number of halogens is 1. The van der Waals surface area contributed by atoms with Crippen LogP contribution in [0.3, 0.4) is 0 Å². The van der Waals surface area contributed by atoms with Crippen molar-refractivity contribution >= 4 is 40.5 Å². The number of thiophene rings is 1. The number of piperazine rings is 1. The smallest absolute Gasteiger partial charge is 0.350 e. The molecule has 1 fully saturated rings. The summed E-state index contributed by atoms with van der Waals surface area (Å²) in [4.78, 5) is 29.0. The van der Waals surface area contributed by atoms with Crippen LogP contribution in [0.1, 0.15) is 16.6 Å². The van der Waals surface area contributed by atoms with E-state index in [2.05, 4.69) is 12.4 Å². The highest BCUT2D eigenvalue weighted by Gasteiger charge is 2.24. The zero-order valence-corrected chi connectivity index (χ0v) is 17.7. The third-order valence-electron chi connectivity index (χ3n) is 4.82. The first-order valence-corrected chi connectivity index (χ1v) is 10.7. The van der Waals surface area contributed by atoms with Gasteiger partial charge in [0.25, 0.3) is 5.91 Å². The van der Waals surface area contributed by atoms with Crippen molar-refractivity contribution < 1.29 is 24.1 Å². The lowest BCUT2D eigenvalue weighted by Crippen LogP contribution is -3.27. The molecule has 3 rings (SSSR count). The number of anilines is 1. The van der Waals surface area contributed by atoms with E-state index in [9.17, 15) is 9.59 Å². The summed E-state index contributed by atoms with van der Waals surface area (Å²) in [5.74, 6) is -0.501. The molecule has 1 aromatic carbocycles. The van der Waals surface area contributed by atoms with Gasteiger partial charge in [-0.1, -0.05) is 23.7 Å². The number of esters is 1. The maximum atomic E-state index is 12.6. The molecule has 0 atom stereocenters. The van der Waals surface area contributed by atoms with Crippen LogP contribution in [-0.2, 0) is 9.53 Å². The molecule has 0 spiro atoms. The third kappa shape index (κ3) is 5.32. The predicted octanol–water partition coefficient (Wildman–Crippen LogP) is 0.597. The van der Waals surface area contributed by atoms with Crippen LogP contribution in [0.5, 0.6) is 0 Å². The Hall–Kier alpha value is -1.93. The second kappa shape index (κ2) is 9.52. The number of carbonyl (C=O) groups is 2. The fraction of sp³-hybridized carbons (Fsp3) is 0.400. The minimum atomic E-state index is -0.418. The number of likely N-dealkylation sites (N-methyl/N-ethyl adjacent to an activating group) is 1. The molecule has 0 radical (unpaired) electrons. The van der Waals surface area contributed by atoms with Gasteiger partial charge in [0.05, 0.1) is 19.3 Å². The molecule has 0 aliphatic carbocycles. The molecule has 1 aliphatic rings. The van der Waals surface area contributed by atoms with E-state index in [1.165, 1.54) is 21.1 Å². The predicted molar refractivity (Wildman–Crippen MR) is 112 cm³/mol. The number of hydrogen-bond acceptors (Lipinski definition) is 4. The highest BCUT2D eigenvalue weighted by molar-refractivity contribution is 7.18. The number of ether oxygens (including phenoxy) is 1. The Balaban J connectivity index is 1.76. The first-order valence-electron chi connectivity index (χ1n) is 9.48. The van der Waals surface area contributed by atoms with Crippen LogP contribution in [0.2, 0.25) is 5.02 Å². The van der Waals surface area contributed by atoms with Crippen molar-refractivity contribution in [3.63, 3.8) is 0 Å². The molecule has 0 saturated carbocycles. The Morgan fingerprint density at radius 3 is 2.50 bits per heavy atom. The Kier molecular flexibility index (Phi) is 7.07. The zero-order chi connectivity index (χ0) is 20.1. The fourth-order valence-electron chi connectivity index (χ4n) is 3.22. The number of amides is 1. The minimum absolute atomic E-state index is 0.0828. The maximum Gasteiger partial charge on any atom is 0.350 e. The van der Waals surface area contributed by atoms with Gasteiger partial charge in [0, 0.05) is 9.90 Å². The van der Waals surface area contributed by atoms with Gasteiger partial charge in [-0.3, -0.25) is 4.79 Å². The van der Waals surface area contributed by atoms with Crippen LogP contribution in [0.15, 0.2) is 30.3 Å². The highest BCUT2D eigenvalue weighted by atomic mass is 35.5. The maximum absolute atomic E-state index is 12.6. The molecule has 2 aromatic rings. The SMILES string of the molecule is CCOC(=O)c1sc(-c2ccc(Cl)cc2)cc1NC(=O)C[NH+]1CC[NH+](C)CC1. The first-order chi connectivity index (χ1) is 13.5. The second-order valence-electron chi connectivity index (χ2n) is 7.01. The molecule has 1 saturated heterocycles. The Bertz CT molecular complexity index is 830. The minimum Gasteiger partial charge on any atom is -0.462 e. The van der Waals surface area contributed by atoms with Gasteiger partial charge in [-0.05, 0) is 30.7 Å². The standard InChI is InChI=1S/C20H24ClN3O3S/c1-3-27-20(26)19-16(12-17(28-19)14-4-6-15(21)7-5-14)22-18(25)13-24-10-8-23(2)9-11-24/h4-7,12H,3,8-11,13H2,1-2H3,(H,22,25)/p+2. The third-order valence-corrected chi connectivity index (χ3v) is 6.23. The Morgan fingerprint density at radius 2 is 1.86 bits per heavy atom. The van der Waals surface area contributed by atoms with Gasteiger partial charge in [-0.15, -0.1) is 11.3 Å². The summed E-state index contributed by atoms with van der Waals surface area (Å²) in [5.41, 5.74) is 1.45. The molecule has 1 aliphatic heterocycles. The molecule has 8 heteroatoms. The van der Waals surface area contributed by atoms with E-state index in [1.807, 2.05) is 18.2 Å². The molecular weight excluding hydrogens is 398 g/mol.